The van der Waals surface area contributed by atoms with Crippen molar-refractivity contribution < 1.29 is 14.6 Å². The fourth-order valence-corrected chi connectivity index (χ4v) is 5.23. The number of hydrogen-bond acceptors (Lipinski definition) is 5. The number of pyridine rings is 1. The van der Waals surface area contributed by atoms with Crippen LogP contribution in [0, 0.1) is 11.8 Å². The van der Waals surface area contributed by atoms with Crippen molar-refractivity contribution in [1.82, 2.24) is 9.88 Å². The van der Waals surface area contributed by atoms with E-state index >= 15 is 0 Å². The van der Waals surface area contributed by atoms with Crippen LogP contribution >= 0.6 is 0 Å². The third-order valence-electron chi connectivity index (χ3n) is 6.85. The van der Waals surface area contributed by atoms with Gasteiger partial charge in [-0.3, -0.25) is 9.88 Å². The van der Waals surface area contributed by atoms with Crippen LogP contribution in [-0.4, -0.2) is 40.1 Å². The van der Waals surface area contributed by atoms with Crippen molar-refractivity contribution in [2.45, 2.75) is 25.0 Å². The molecule has 3 aliphatic heterocycles. The highest BCUT2D eigenvalue weighted by molar-refractivity contribution is 5.93. The van der Waals surface area contributed by atoms with E-state index in [9.17, 15) is 9.90 Å². The van der Waals surface area contributed by atoms with E-state index in [1.165, 1.54) is 6.07 Å². The molecule has 0 amide bonds. The van der Waals surface area contributed by atoms with Crippen molar-refractivity contribution in [2.24, 2.45) is 11.8 Å². The molecular formula is C26H26N2O3. The van der Waals surface area contributed by atoms with Gasteiger partial charge in [0, 0.05) is 23.7 Å². The van der Waals surface area contributed by atoms with Gasteiger partial charge in [-0.25, -0.2) is 4.79 Å². The van der Waals surface area contributed by atoms with E-state index in [-0.39, 0.29) is 17.4 Å². The van der Waals surface area contributed by atoms with Gasteiger partial charge in [0.15, 0.2) is 0 Å². The maximum atomic E-state index is 13.1. The summed E-state index contributed by atoms with van der Waals surface area (Å²) in [5.74, 6) is 0.454. The molecule has 6 rings (SSSR count). The quantitative estimate of drug-likeness (QED) is 0.483. The fourth-order valence-electron chi connectivity index (χ4n) is 5.23. The van der Waals surface area contributed by atoms with Gasteiger partial charge in [0.2, 0.25) is 0 Å². The summed E-state index contributed by atoms with van der Waals surface area (Å²) < 4.78 is 6.18. The average molecular weight is 415 g/mol. The largest absolute Gasteiger partial charge is 0.507 e. The van der Waals surface area contributed by atoms with Crippen LogP contribution in [0.3, 0.4) is 0 Å². The summed E-state index contributed by atoms with van der Waals surface area (Å²) in [7, 11) is 0. The number of fused-ring (bicyclic) bond motifs is 4. The number of esters is 1. The van der Waals surface area contributed by atoms with E-state index in [1.807, 2.05) is 30.3 Å². The lowest BCUT2D eigenvalue weighted by Crippen LogP contribution is -2.55. The molecule has 158 valence electrons. The minimum atomic E-state index is -0.507. The lowest BCUT2D eigenvalue weighted by molar-refractivity contribution is -0.0568. The fraction of sp³-hybridized carbons (Fsp3) is 0.308. The van der Waals surface area contributed by atoms with Crippen LogP contribution < -0.4 is 0 Å². The predicted molar refractivity (Wildman–Crippen MR) is 120 cm³/mol. The summed E-state index contributed by atoms with van der Waals surface area (Å²) in [5.41, 5.74) is 2.02. The highest BCUT2D eigenvalue weighted by atomic mass is 16.5. The van der Waals surface area contributed by atoms with Gasteiger partial charge in [0.05, 0.1) is 11.6 Å². The molecule has 2 aromatic carbocycles. The first-order valence-corrected chi connectivity index (χ1v) is 10.8. The second kappa shape index (κ2) is 8.16. The molecule has 5 heteroatoms. The van der Waals surface area contributed by atoms with Crippen molar-refractivity contribution in [3.05, 3.63) is 84.6 Å². The molecule has 5 atom stereocenters. The smallest absolute Gasteiger partial charge is 0.342 e. The molecule has 0 saturated carbocycles. The molecule has 3 aliphatic rings. The van der Waals surface area contributed by atoms with E-state index in [0.29, 0.717) is 11.8 Å². The third-order valence-corrected chi connectivity index (χ3v) is 6.85. The van der Waals surface area contributed by atoms with Crippen LogP contribution in [-0.2, 0) is 4.74 Å². The topological polar surface area (TPSA) is 62.7 Å². The van der Waals surface area contributed by atoms with Crippen molar-refractivity contribution in [1.29, 1.82) is 0 Å². The van der Waals surface area contributed by atoms with Crippen LogP contribution in [0.25, 0.3) is 10.9 Å². The lowest BCUT2D eigenvalue weighted by Gasteiger charge is -2.51. The first kappa shape index (κ1) is 19.8. The number of carbonyl (C=O) groups is 1. The zero-order valence-electron chi connectivity index (χ0n) is 17.4. The second-order valence-corrected chi connectivity index (χ2v) is 8.51. The molecule has 3 aromatic rings. The SMILES string of the molecule is C=C[C@H]1CN2CCC1C[C@H]2[C@H](OC(=O)c1ccccc1O)c1ccnc2ccccc12. The first-order valence-electron chi connectivity index (χ1n) is 10.8. The molecule has 3 fully saturated rings. The van der Waals surface area contributed by atoms with Crippen LogP contribution in [0.2, 0.25) is 0 Å². The van der Waals surface area contributed by atoms with Gasteiger partial charge in [-0.15, -0.1) is 6.58 Å². The number of carbonyl (C=O) groups excluding carboxylic acids is 1. The molecule has 4 heterocycles. The molecule has 3 saturated heterocycles. The van der Waals surface area contributed by atoms with Gasteiger partial charge < -0.3 is 9.84 Å². The van der Waals surface area contributed by atoms with Gasteiger partial charge in [-0.2, -0.15) is 0 Å². The van der Waals surface area contributed by atoms with E-state index in [4.69, 9.17) is 4.74 Å². The standard InChI is InChI=1S/C26H26N2O3/c1-2-17-16-28-14-12-18(17)15-23(28)25(31-26(30)21-8-4-6-10-24(21)29)20-11-13-27-22-9-5-3-7-19(20)22/h2-11,13,17-18,23,25,29H,1,12,14-16H2/t17-,18?,23-,25+/m0/s1. The van der Waals surface area contributed by atoms with Crippen molar-refractivity contribution in [2.75, 3.05) is 13.1 Å². The summed E-state index contributed by atoms with van der Waals surface area (Å²) in [4.78, 5) is 20.0. The maximum Gasteiger partial charge on any atom is 0.342 e. The Kier molecular flexibility index (Phi) is 5.20. The van der Waals surface area contributed by atoms with Crippen LogP contribution in [0.5, 0.6) is 5.75 Å². The van der Waals surface area contributed by atoms with E-state index in [0.717, 1.165) is 42.4 Å². The lowest BCUT2D eigenvalue weighted by atomic mass is 9.73. The summed E-state index contributed by atoms with van der Waals surface area (Å²) in [6.07, 6.45) is 5.49. The van der Waals surface area contributed by atoms with E-state index in [2.05, 4.69) is 22.5 Å². The number of hydrogen-bond donors (Lipinski definition) is 1. The Morgan fingerprint density at radius 1 is 1.19 bits per heavy atom. The monoisotopic (exact) mass is 414 g/mol. The molecule has 0 aliphatic carbocycles. The molecule has 5 nitrogen and oxygen atoms in total. The van der Waals surface area contributed by atoms with Gasteiger partial charge in [0.25, 0.3) is 0 Å². The Morgan fingerprint density at radius 3 is 2.77 bits per heavy atom. The zero-order chi connectivity index (χ0) is 21.4. The van der Waals surface area contributed by atoms with Crippen LogP contribution in [0.1, 0.15) is 34.9 Å². The number of rotatable bonds is 5. The summed E-state index contributed by atoms with van der Waals surface area (Å²) in [6, 6.07) is 16.5. The number of phenolic OH excluding ortho intramolecular Hbond substituents is 1. The van der Waals surface area contributed by atoms with E-state index < -0.39 is 12.1 Å². The van der Waals surface area contributed by atoms with Gasteiger partial charge in [-0.05, 0) is 55.5 Å². The first-order chi connectivity index (χ1) is 15.2. The average Bonchev–Trinajstić information content (AvgIpc) is 2.82. The normalized spacial score (nSPS) is 25.8. The van der Waals surface area contributed by atoms with Crippen molar-refractivity contribution in [3.63, 3.8) is 0 Å². The van der Waals surface area contributed by atoms with Gasteiger partial charge in [0.1, 0.15) is 17.4 Å². The number of ether oxygens (including phenoxy) is 1. The maximum absolute atomic E-state index is 13.1. The highest BCUT2D eigenvalue weighted by Crippen LogP contribution is 2.43. The third kappa shape index (κ3) is 3.59. The molecular weight excluding hydrogens is 388 g/mol. The highest BCUT2D eigenvalue weighted by Gasteiger charge is 2.44. The van der Waals surface area contributed by atoms with E-state index in [1.54, 1.807) is 24.4 Å². The number of phenols is 1. The Bertz CT molecular complexity index is 1120. The number of aromatic hydroxyl groups is 1. The Balaban J connectivity index is 1.55. The number of aromatic nitrogens is 1. The predicted octanol–water partition coefficient (Wildman–Crippen LogP) is 4.73. The van der Waals surface area contributed by atoms with Crippen LogP contribution in [0.15, 0.2) is 73.4 Å². The molecule has 1 aromatic heterocycles. The summed E-state index contributed by atoms with van der Waals surface area (Å²) in [6.45, 7) is 5.95. The molecule has 2 unspecified atom stereocenters. The minimum Gasteiger partial charge on any atom is -0.507 e. The number of benzene rings is 2. The Hall–Kier alpha value is -3.18. The molecule has 1 N–H and O–H groups in total. The molecule has 0 spiro atoms. The number of nitrogens with zero attached hydrogens (tertiary/aromatic N) is 2. The Morgan fingerprint density at radius 2 is 2.00 bits per heavy atom. The second-order valence-electron chi connectivity index (χ2n) is 8.51. The summed E-state index contributed by atoms with van der Waals surface area (Å²) in [5, 5.41) is 11.2. The summed E-state index contributed by atoms with van der Waals surface area (Å²) >= 11 is 0. The minimum absolute atomic E-state index is 0.0666. The molecule has 31 heavy (non-hydrogen) atoms. The van der Waals surface area contributed by atoms with Gasteiger partial charge >= 0.3 is 5.97 Å². The van der Waals surface area contributed by atoms with Gasteiger partial charge in [-0.1, -0.05) is 36.4 Å². The Labute approximate surface area is 182 Å². The zero-order valence-corrected chi connectivity index (χ0v) is 17.4. The van der Waals surface area contributed by atoms with Crippen molar-refractivity contribution in [3.8, 4) is 5.75 Å². The number of piperidine rings is 3. The van der Waals surface area contributed by atoms with Crippen LogP contribution in [0.4, 0.5) is 0 Å². The van der Waals surface area contributed by atoms with Crippen molar-refractivity contribution >= 4 is 16.9 Å². The molecule has 0 radical (unpaired) electrons. The molecule has 2 bridgehead atoms. The number of para-hydroxylation sites is 2.